The molecule has 0 bridgehead atoms. The van der Waals surface area contributed by atoms with Crippen molar-refractivity contribution in [3.63, 3.8) is 0 Å². The zero-order valence-electron chi connectivity index (χ0n) is 15.9. The molecule has 1 atom stereocenters. The molecule has 1 amide bonds. The summed E-state index contributed by atoms with van der Waals surface area (Å²) in [6.07, 6.45) is 3.47. The van der Waals surface area contributed by atoms with E-state index in [-0.39, 0.29) is 12.0 Å². The van der Waals surface area contributed by atoms with Gasteiger partial charge in [0, 0.05) is 18.3 Å². The van der Waals surface area contributed by atoms with Crippen LogP contribution >= 0.6 is 0 Å². The van der Waals surface area contributed by atoms with Gasteiger partial charge in [-0.1, -0.05) is 26.0 Å². The van der Waals surface area contributed by atoms with Crippen LogP contribution in [0.3, 0.4) is 0 Å². The Kier molecular flexibility index (Phi) is 5.01. The molecule has 4 rings (SSSR count). The Morgan fingerprint density at radius 3 is 3.00 bits per heavy atom. The summed E-state index contributed by atoms with van der Waals surface area (Å²) in [5, 5.41) is 9.91. The summed E-state index contributed by atoms with van der Waals surface area (Å²) in [5.41, 5.74) is 1.19. The quantitative estimate of drug-likeness (QED) is 0.684. The molecule has 0 unspecified atom stereocenters. The Morgan fingerprint density at radius 2 is 2.18 bits per heavy atom. The van der Waals surface area contributed by atoms with Crippen LogP contribution in [0.1, 0.15) is 41.8 Å². The Balaban J connectivity index is 1.33. The molecule has 146 valence electrons. The van der Waals surface area contributed by atoms with E-state index in [2.05, 4.69) is 34.3 Å². The molecule has 2 aromatic heterocycles. The average Bonchev–Trinajstić information content (AvgIpc) is 3.36. The van der Waals surface area contributed by atoms with Crippen molar-refractivity contribution in [2.24, 2.45) is 0 Å². The van der Waals surface area contributed by atoms with Crippen molar-refractivity contribution < 1.29 is 14.3 Å². The molecule has 8 nitrogen and oxygen atoms in total. The van der Waals surface area contributed by atoms with E-state index in [4.69, 9.17) is 9.47 Å². The Hall–Kier alpha value is -3.29. The van der Waals surface area contributed by atoms with Crippen molar-refractivity contribution in [1.82, 2.24) is 25.1 Å². The van der Waals surface area contributed by atoms with Crippen molar-refractivity contribution in [2.45, 2.75) is 32.4 Å². The summed E-state index contributed by atoms with van der Waals surface area (Å²) in [5.74, 6) is 2.48. The lowest BCUT2D eigenvalue weighted by Gasteiger charge is -2.26. The van der Waals surface area contributed by atoms with Crippen LogP contribution in [0.5, 0.6) is 11.5 Å². The fourth-order valence-electron chi connectivity index (χ4n) is 3.16. The summed E-state index contributed by atoms with van der Waals surface area (Å²) in [7, 11) is 0. The average molecular weight is 381 g/mol. The number of nitrogens with one attached hydrogen (secondary N) is 2. The summed E-state index contributed by atoms with van der Waals surface area (Å²) in [4.78, 5) is 16.8. The van der Waals surface area contributed by atoms with Crippen LogP contribution in [0, 0.1) is 0 Å². The monoisotopic (exact) mass is 381 g/mol. The number of H-pyrrole nitrogens is 1. The molecule has 3 heterocycles. The van der Waals surface area contributed by atoms with Gasteiger partial charge in [0.15, 0.2) is 11.5 Å². The lowest BCUT2D eigenvalue weighted by atomic mass is 10.2. The number of aromatic amines is 1. The Bertz CT molecular complexity index is 962. The molecule has 0 radical (unpaired) electrons. The van der Waals surface area contributed by atoms with Crippen molar-refractivity contribution in [3.8, 4) is 11.5 Å². The van der Waals surface area contributed by atoms with Crippen LogP contribution in [0.4, 0.5) is 0 Å². The van der Waals surface area contributed by atoms with Crippen LogP contribution < -0.4 is 14.8 Å². The van der Waals surface area contributed by atoms with Crippen molar-refractivity contribution in [3.05, 3.63) is 59.9 Å². The molecule has 0 saturated heterocycles. The van der Waals surface area contributed by atoms with Gasteiger partial charge in [-0.25, -0.2) is 4.98 Å². The Morgan fingerprint density at radius 1 is 1.36 bits per heavy atom. The minimum absolute atomic E-state index is 0.239. The van der Waals surface area contributed by atoms with E-state index in [1.807, 2.05) is 35.0 Å². The predicted octanol–water partition coefficient (Wildman–Crippen LogP) is 2.35. The van der Waals surface area contributed by atoms with E-state index < -0.39 is 0 Å². The van der Waals surface area contributed by atoms with E-state index >= 15 is 0 Å². The summed E-state index contributed by atoms with van der Waals surface area (Å²) in [6.45, 7) is 5.51. The number of hydrogen-bond acceptors (Lipinski definition) is 5. The fourth-order valence-corrected chi connectivity index (χ4v) is 3.16. The third-order valence-electron chi connectivity index (χ3n) is 4.53. The molecular weight excluding hydrogens is 358 g/mol. The first-order valence-corrected chi connectivity index (χ1v) is 9.32. The maximum atomic E-state index is 12.4. The number of fused-ring (bicyclic) bond motifs is 1. The number of hydrogen-bond donors (Lipinski definition) is 2. The normalized spacial score (nSPS) is 15.6. The lowest BCUT2D eigenvalue weighted by Crippen LogP contribution is -2.40. The number of amides is 1. The molecule has 0 aliphatic carbocycles. The molecule has 1 aliphatic rings. The number of imidazole rings is 1. The largest absolute Gasteiger partial charge is 0.486 e. The summed E-state index contributed by atoms with van der Waals surface area (Å²) in [6, 6.07) is 9.25. The first-order chi connectivity index (χ1) is 13.6. The van der Waals surface area contributed by atoms with E-state index in [1.54, 1.807) is 12.3 Å². The Labute approximate surface area is 162 Å². The SMILES string of the molecule is CC(C)c1nccn1Cc1cc(C(=O)NC[C@@H]2COc3ccccc3O2)n[nH]1. The first kappa shape index (κ1) is 18.1. The summed E-state index contributed by atoms with van der Waals surface area (Å²) < 4.78 is 13.6. The van der Waals surface area contributed by atoms with Gasteiger partial charge in [-0.3, -0.25) is 9.89 Å². The molecule has 3 aromatic rings. The number of benzene rings is 1. The first-order valence-electron chi connectivity index (χ1n) is 9.32. The third-order valence-corrected chi connectivity index (χ3v) is 4.53. The molecule has 1 aliphatic heterocycles. The number of carbonyl (C=O) groups excluding carboxylic acids is 1. The summed E-state index contributed by atoms with van der Waals surface area (Å²) >= 11 is 0. The minimum atomic E-state index is -0.250. The van der Waals surface area contributed by atoms with Gasteiger partial charge in [-0.15, -0.1) is 0 Å². The second-order valence-corrected chi connectivity index (χ2v) is 7.05. The highest BCUT2D eigenvalue weighted by molar-refractivity contribution is 5.92. The molecule has 28 heavy (non-hydrogen) atoms. The van der Waals surface area contributed by atoms with Gasteiger partial charge in [-0.2, -0.15) is 5.10 Å². The second kappa shape index (κ2) is 7.75. The van der Waals surface area contributed by atoms with Crippen LogP contribution in [0.25, 0.3) is 0 Å². The molecule has 0 fully saturated rings. The zero-order valence-corrected chi connectivity index (χ0v) is 15.9. The molecule has 1 aromatic carbocycles. The number of nitrogens with zero attached hydrogens (tertiary/aromatic N) is 3. The van der Waals surface area contributed by atoms with E-state index in [1.165, 1.54) is 0 Å². The number of aromatic nitrogens is 4. The van der Waals surface area contributed by atoms with Crippen LogP contribution in [-0.2, 0) is 6.54 Å². The lowest BCUT2D eigenvalue weighted by molar-refractivity contribution is 0.0786. The third kappa shape index (κ3) is 3.85. The van der Waals surface area contributed by atoms with Gasteiger partial charge in [0.2, 0.25) is 0 Å². The van der Waals surface area contributed by atoms with Gasteiger partial charge in [0.05, 0.1) is 18.8 Å². The fraction of sp³-hybridized carbons (Fsp3) is 0.350. The number of ether oxygens (including phenoxy) is 2. The van der Waals surface area contributed by atoms with Gasteiger partial charge in [0.25, 0.3) is 5.91 Å². The van der Waals surface area contributed by atoms with Crippen molar-refractivity contribution >= 4 is 5.91 Å². The van der Waals surface area contributed by atoms with E-state index in [0.29, 0.717) is 37.1 Å². The molecular formula is C20H23N5O3. The van der Waals surface area contributed by atoms with Gasteiger partial charge < -0.3 is 19.4 Å². The molecule has 2 N–H and O–H groups in total. The number of rotatable bonds is 6. The molecule has 8 heteroatoms. The highest BCUT2D eigenvalue weighted by Crippen LogP contribution is 2.30. The predicted molar refractivity (Wildman–Crippen MR) is 103 cm³/mol. The standard InChI is InChI=1S/C20H23N5O3/c1-13(2)19-21-7-8-25(19)11-14-9-16(24-23-14)20(26)22-10-15-12-27-17-5-3-4-6-18(17)28-15/h3-9,13,15H,10-12H2,1-2H3,(H,22,26)(H,23,24)/t15-/m1/s1. The maximum absolute atomic E-state index is 12.4. The van der Waals surface area contributed by atoms with Crippen molar-refractivity contribution in [2.75, 3.05) is 13.2 Å². The number of para-hydroxylation sites is 2. The highest BCUT2D eigenvalue weighted by Gasteiger charge is 2.22. The molecule has 0 spiro atoms. The maximum Gasteiger partial charge on any atom is 0.271 e. The van der Waals surface area contributed by atoms with E-state index in [9.17, 15) is 4.79 Å². The smallest absolute Gasteiger partial charge is 0.271 e. The van der Waals surface area contributed by atoms with Gasteiger partial charge in [-0.05, 0) is 18.2 Å². The number of carbonyl (C=O) groups is 1. The topological polar surface area (TPSA) is 94.1 Å². The van der Waals surface area contributed by atoms with Crippen LogP contribution in [-0.4, -0.2) is 44.9 Å². The van der Waals surface area contributed by atoms with Gasteiger partial charge in [0.1, 0.15) is 24.2 Å². The minimum Gasteiger partial charge on any atom is -0.486 e. The second-order valence-electron chi connectivity index (χ2n) is 7.05. The van der Waals surface area contributed by atoms with Crippen molar-refractivity contribution in [1.29, 1.82) is 0 Å². The van der Waals surface area contributed by atoms with E-state index in [0.717, 1.165) is 17.3 Å². The van der Waals surface area contributed by atoms with Crippen LogP contribution in [0.15, 0.2) is 42.7 Å². The highest BCUT2D eigenvalue weighted by atomic mass is 16.6. The van der Waals surface area contributed by atoms with Gasteiger partial charge >= 0.3 is 0 Å². The molecule has 0 saturated carbocycles. The zero-order chi connectivity index (χ0) is 19.5. The van der Waals surface area contributed by atoms with Crippen LogP contribution in [0.2, 0.25) is 0 Å².